The first kappa shape index (κ1) is 27.9. The molecule has 198 valence electrons. The molecule has 3 atom stereocenters. The van der Waals surface area contributed by atoms with Gasteiger partial charge in [0.25, 0.3) is 0 Å². The maximum atomic E-state index is 13.4. The Morgan fingerprint density at radius 1 is 1.00 bits per heavy atom. The average molecular weight is 509 g/mol. The molecule has 2 unspecified atom stereocenters. The maximum Gasteiger partial charge on any atom is 0.202 e. The van der Waals surface area contributed by atoms with Crippen LogP contribution < -0.4 is 4.74 Å². The number of aromatic hydroxyl groups is 4. The lowest BCUT2D eigenvalue weighted by Crippen LogP contribution is -2.37. The number of aliphatic hydroxyl groups excluding tert-OH is 1. The maximum absolute atomic E-state index is 13.4. The first-order valence-corrected chi connectivity index (χ1v) is 12.3. The van der Waals surface area contributed by atoms with Crippen molar-refractivity contribution in [3.63, 3.8) is 0 Å². The first-order valence-electron chi connectivity index (χ1n) is 12.3. The van der Waals surface area contributed by atoms with Crippen molar-refractivity contribution in [3.05, 3.63) is 75.9 Å². The number of Topliss-reactive ketones (excluding diaryl/α,β-unsaturated/α-hetero) is 1. The Balaban J connectivity index is 2.24. The second-order valence-electron chi connectivity index (χ2n) is 10.2. The number of phenolic OH excluding ortho intramolecular Hbond substituents is 4. The molecule has 0 saturated carbocycles. The minimum absolute atomic E-state index is 0.0350. The minimum atomic E-state index is -1.73. The summed E-state index contributed by atoms with van der Waals surface area (Å²) in [5.74, 6) is -2.10. The van der Waals surface area contributed by atoms with Gasteiger partial charge in [0.05, 0.1) is 0 Å². The highest BCUT2D eigenvalue weighted by molar-refractivity contribution is 6.06. The molecule has 0 radical (unpaired) electrons. The Labute approximate surface area is 217 Å². The van der Waals surface area contributed by atoms with Gasteiger partial charge >= 0.3 is 0 Å². The van der Waals surface area contributed by atoms with E-state index in [0.29, 0.717) is 12.0 Å². The van der Waals surface area contributed by atoms with Crippen molar-refractivity contribution in [2.45, 2.75) is 66.1 Å². The van der Waals surface area contributed by atoms with Gasteiger partial charge in [-0.1, -0.05) is 35.5 Å². The van der Waals surface area contributed by atoms with Crippen molar-refractivity contribution in [3.8, 4) is 28.7 Å². The number of hydrogen-bond donors (Lipinski definition) is 5. The van der Waals surface area contributed by atoms with Gasteiger partial charge in [-0.2, -0.15) is 0 Å². The molecule has 0 aliphatic carbocycles. The zero-order valence-electron chi connectivity index (χ0n) is 22.0. The Kier molecular flexibility index (Phi) is 8.39. The molecule has 2 aromatic rings. The minimum Gasteiger partial charge on any atom is -0.508 e. The van der Waals surface area contributed by atoms with Gasteiger partial charge in [0.15, 0.2) is 12.2 Å². The van der Waals surface area contributed by atoms with Crippen LogP contribution in [0.3, 0.4) is 0 Å². The molecular weight excluding hydrogens is 472 g/mol. The third-order valence-corrected chi connectivity index (χ3v) is 6.64. The average Bonchev–Trinajstić information content (AvgIpc) is 2.80. The van der Waals surface area contributed by atoms with Crippen molar-refractivity contribution < 1.29 is 35.1 Å². The second-order valence-corrected chi connectivity index (χ2v) is 10.2. The summed E-state index contributed by atoms with van der Waals surface area (Å²) in [4.78, 5) is 13.4. The van der Waals surface area contributed by atoms with Crippen LogP contribution in [0.5, 0.6) is 28.7 Å². The molecule has 1 aliphatic heterocycles. The molecule has 0 spiro atoms. The molecule has 0 bridgehead atoms. The lowest BCUT2D eigenvalue weighted by molar-refractivity contribution is 0.0197. The van der Waals surface area contributed by atoms with Crippen LogP contribution in [0.2, 0.25) is 0 Å². The van der Waals surface area contributed by atoms with Crippen LogP contribution in [0.25, 0.3) is 0 Å². The standard InChI is InChI=1S/C30H36O7/c1-15(2)7-9-18(17(5)6)13-22-25(33)21(11-8-16(3)4)26(34)24-27(35)28(36)30(37-29(22)24)20-12-10-19(31)14-23(20)32/h7-8,10,12,14,18,28,30-34,36H,5,9,11,13H2,1-4,6H3/t18?,28-,30?/m0/s1. The molecule has 3 rings (SSSR count). The SMILES string of the molecule is C=C(C)C(CC=C(C)C)Cc1c(O)c(CC=C(C)C)c(O)c2c1OC(c1ccc(O)cc1O)[C@@H](O)C2=O. The van der Waals surface area contributed by atoms with E-state index in [1.165, 1.54) is 12.1 Å². The largest absolute Gasteiger partial charge is 0.508 e. The number of carbonyl (C=O) groups excluding carboxylic acids is 1. The van der Waals surface area contributed by atoms with Crippen LogP contribution in [0.1, 0.15) is 74.2 Å². The normalized spacial score (nSPS) is 17.4. The van der Waals surface area contributed by atoms with Gasteiger partial charge in [-0.3, -0.25) is 4.79 Å². The number of aliphatic hydroxyl groups is 1. The van der Waals surface area contributed by atoms with Crippen molar-refractivity contribution in [2.24, 2.45) is 5.92 Å². The predicted octanol–water partition coefficient (Wildman–Crippen LogP) is 5.79. The zero-order valence-corrected chi connectivity index (χ0v) is 22.0. The highest BCUT2D eigenvalue weighted by Gasteiger charge is 2.43. The summed E-state index contributed by atoms with van der Waals surface area (Å²) < 4.78 is 6.11. The number of allylic oxidation sites excluding steroid dienone is 5. The van der Waals surface area contributed by atoms with Crippen LogP contribution in [0.4, 0.5) is 0 Å². The lowest BCUT2D eigenvalue weighted by Gasteiger charge is -2.33. The summed E-state index contributed by atoms with van der Waals surface area (Å²) >= 11 is 0. The number of rotatable bonds is 8. The summed E-state index contributed by atoms with van der Waals surface area (Å²) in [6.07, 6.45) is 1.94. The van der Waals surface area contributed by atoms with Crippen LogP contribution in [0.15, 0.2) is 53.6 Å². The van der Waals surface area contributed by atoms with E-state index >= 15 is 0 Å². The fourth-order valence-corrected chi connectivity index (χ4v) is 4.42. The summed E-state index contributed by atoms with van der Waals surface area (Å²) in [6.45, 7) is 13.8. The van der Waals surface area contributed by atoms with Crippen LogP contribution in [-0.2, 0) is 12.8 Å². The number of phenols is 4. The smallest absolute Gasteiger partial charge is 0.202 e. The number of carbonyl (C=O) groups is 1. The Morgan fingerprint density at radius 3 is 2.22 bits per heavy atom. The third-order valence-electron chi connectivity index (χ3n) is 6.64. The van der Waals surface area contributed by atoms with E-state index in [2.05, 4.69) is 12.7 Å². The van der Waals surface area contributed by atoms with Crippen molar-refractivity contribution in [1.29, 1.82) is 0 Å². The van der Waals surface area contributed by atoms with E-state index in [9.17, 15) is 30.3 Å². The molecule has 7 nitrogen and oxygen atoms in total. The number of ether oxygens (including phenoxy) is 1. The van der Waals surface area contributed by atoms with Gasteiger partial charge in [-0.05, 0) is 71.9 Å². The van der Waals surface area contributed by atoms with Crippen molar-refractivity contribution >= 4 is 5.78 Å². The topological polar surface area (TPSA) is 127 Å². The first-order chi connectivity index (χ1) is 17.3. The van der Waals surface area contributed by atoms with Crippen molar-refractivity contribution in [1.82, 2.24) is 0 Å². The lowest BCUT2D eigenvalue weighted by atomic mass is 9.83. The molecule has 0 aromatic heterocycles. The van der Waals surface area contributed by atoms with Gasteiger partial charge in [0, 0.05) is 22.8 Å². The molecule has 0 fully saturated rings. The number of benzene rings is 2. The van der Waals surface area contributed by atoms with Crippen LogP contribution in [0, 0.1) is 5.92 Å². The van der Waals surface area contributed by atoms with Gasteiger partial charge in [0.2, 0.25) is 5.78 Å². The van der Waals surface area contributed by atoms with Gasteiger partial charge in [-0.15, -0.1) is 0 Å². The number of hydrogen-bond acceptors (Lipinski definition) is 7. The molecule has 0 saturated heterocycles. The Bertz CT molecular complexity index is 1280. The highest BCUT2D eigenvalue weighted by Crippen LogP contribution is 2.50. The summed E-state index contributed by atoms with van der Waals surface area (Å²) in [5.41, 5.74) is 3.35. The fourth-order valence-electron chi connectivity index (χ4n) is 4.42. The third kappa shape index (κ3) is 5.83. The van der Waals surface area contributed by atoms with E-state index < -0.39 is 23.7 Å². The monoisotopic (exact) mass is 508 g/mol. The zero-order chi connectivity index (χ0) is 27.6. The Hall–Kier alpha value is -3.71. The number of fused-ring (bicyclic) bond motifs is 1. The van der Waals surface area contributed by atoms with Crippen molar-refractivity contribution in [2.75, 3.05) is 0 Å². The van der Waals surface area contributed by atoms with Gasteiger partial charge in [0.1, 0.15) is 34.3 Å². The molecular formula is C30H36O7. The molecule has 2 aromatic carbocycles. The van der Waals surface area contributed by atoms with E-state index in [-0.39, 0.29) is 58.4 Å². The Morgan fingerprint density at radius 2 is 1.65 bits per heavy atom. The quantitative estimate of drug-likeness (QED) is 0.286. The van der Waals surface area contributed by atoms with E-state index in [1.807, 2.05) is 40.7 Å². The molecule has 7 heteroatoms. The van der Waals surface area contributed by atoms with Gasteiger partial charge < -0.3 is 30.3 Å². The molecule has 5 N–H and O–H groups in total. The van der Waals surface area contributed by atoms with Gasteiger partial charge in [-0.25, -0.2) is 0 Å². The second kappa shape index (κ2) is 11.1. The van der Waals surface area contributed by atoms with Crippen LogP contribution in [-0.4, -0.2) is 37.4 Å². The number of ketones is 1. The highest BCUT2D eigenvalue weighted by atomic mass is 16.5. The molecule has 37 heavy (non-hydrogen) atoms. The van der Waals surface area contributed by atoms with E-state index in [1.54, 1.807) is 0 Å². The molecule has 0 amide bonds. The molecule has 1 heterocycles. The van der Waals surface area contributed by atoms with E-state index in [4.69, 9.17) is 4.74 Å². The summed E-state index contributed by atoms with van der Waals surface area (Å²) in [5, 5.41) is 53.4. The van der Waals surface area contributed by atoms with Crippen LogP contribution >= 0.6 is 0 Å². The molecule has 1 aliphatic rings. The summed E-state index contributed by atoms with van der Waals surface area (Å²) in [7, 11) is 0. The predicted molar refractivity (Wildman–Crippen MR) is 142 cm³/mol. The fraction of sp³-hybridized carbons (Fsp3) is 0.367. The summed E-state index contributed by atoms with van der Waals surface area (Å²) in [6, 6.07) is 3.74. The van der Waals surface area contributed by atoms with E-state index in [0.717, 1.165) is 22.8 Å².